The third-order valence-electron chi connectivity index (χ3n) is 2.20. The molecule has 0 atom stereocenters. The number of Topliss-reactive ketones (excluding diaryl/α,β-unsaturated/α-hetero) is 1. The first-order valence-corrected chi connectivity index (χ1v) is 5.07. The fourth-order valence-corrected chi connectivity index (χ4v) is 1.35. The molecular weight excluding hydrogens is 200 g/mol. The minimum atomic E-state index is -0.924. The molecular formula is C14H16O2. The number of allylic oxidation sites excluding steroid dienone is 1. The molecule has 0 aliphatic heterocycles. The summed E-state index contributed by atoms with van der Waals surface area (Å²) in [4.78, 5) is 12.1. The molecule has 2 heteroatoms. The van der Waals surface area contributed by atoms with Crippen LogP contribution in [0.3, 0.4) is 0 Å². The Kier molecular flexibility index (Phi) is 3.67. The number of carbonyl (C=O) groups is 1. The summed E-state index contributed by atoms with van der Waals surface area (Å²) in [7, 11) is 0. The molecule has 1 rings (SSSR count). The summed E-state index contributed by atoms with van der Waals surface area (Å²) in [6, 6.07) is 9.05. The summed E-state index contributed by atoms with van der Waals surface area (Å²) >= 11 is 0. The van der Waals surface area contributed by atoms with Gasteiger partial charge in [0.1, 0.15) is 5.76 Å². The maximum Gasteiger partial charge on any atom is 0.205 e. The van der Waals surface area contributed by atoms with Gasteiger partial charge in [0.15, 0.2) is 5.60 Å². The number of ether oxygens (including phenoxy) is 1. The summed E-state index contributed by atoms with van der Waals surface area (Å²) in [5, 5.41) is 0. The topological polar surface area (TPSA) is 26.3 Å². The average molecular weight is 216 g/mol. The normalized spacial score (nSPS) is 10.6. The van der Waals surface area contributed by atoms with E-state index >= 15 is 0 Å². The van der Waals surface area contributed by atoms with Crippen molar-refractivity contribution >= 4 is 5.78 Å². The van der Waals surface area contributed by atoms with Crippen molar-refractivity contribution < 1.29 is 9.53 Å². The van der Waals surface area contributed by atoms with Gasteiger partial charge in [0.05, 0.1) is 0 Å². The van der Waals surface area contributed by atoms with Crippen LogP contribution < -0.4 is 0 Å². The second kappa shape index (κ2) is 4.79. The molecule has 1 aromatic carbocycles. The molecule has 0 amide bonds. The second-order valence-electron chi connectivity index (χ2n) is 3.98. The Labute approximate surface area is 96.2 Å². The van der Waals surface area contributed by atoms with Crippen LogP contribution in [0.5, 0.6) is 0 Å². The van der Waals surface area contributed by atoms with E-state index in [9.17, 15) is 4.79 Å². The molecule has 0 saturated carbocycles. The minimum absolute atomic E-state index is 0.0731. The average Bonchev–Trinajstić information content (AvgIpc) is 2.28. The van der Waals surface area contributed by atoms with Crippen LogP contribution in [-0.4, -0.2) is 11.4 Å². The van der Waals surface area contributed by atoms with Crippen LogP contribution in [0.1, 0.15) is 24.2 Å². The number of hydrogen-bond donors (Lipinski definition) is 0. The highest BCUT2D eigenvalue weighted by Gasteiger charge is 2.30. The van der Waals surface area contributed by atoms with Crippen molar-refractivity contribution in [2.24, 2.45) is 0 Å². The molecule has 2 nitrogen and oxygen atoms in total. The van der Waals surface area contributed by atoms with Crippen molar-refractivity contribution in [3.8, 4) is 0 Å². The first kappa shape index (κ1) is 12.2. The molecule has 0 N–H and O–H groups in total. The van der Waals surface area contributed by atoms with E-state index in [2.05, 4.69) is 13.2 Å². The van der Waals surface area contributed by atoms with Gasteiger partial charge in [-0.25, -0.2) is 0 Å². The molecule has 0 aliphatic carbocycles. The predicted octanol–water partition coefficient (Wildman–Crippen LogP) is 3.36. The van der Waals surface area contributed by atoms with Gasteiger partial charge in [0.25, 0.3) is 0 Å². The first-order chi connectivity index (χ1) is 7.47. The van der Waals surface area contributed by atoms with Crippen molar-refractivity contribution in [1.29, 1.82) is 0 Å². The van der Waals surface area contributed by atoms with Crippen molar-refractivity contribution in [3.63, 3.8) is 0 Å². The lowest BCUT2D eigenvalue weighted by atomic mass is 9.96. The number of ketones is 1. The van der Waals surface area contributed by atoms with Crippen LogP contribution in [0, 0.1) is 0 Å². The number of hydrogen-bond acceptors (Lipinski definition) is 2. The van der Waals surface area contributed by atoms with E-state index in [1.54, 1.807) is 26.0 Å². The van der Waals surface area contributed by atoms with Crippen molar-refractivity contribution in [2.45, 2.75) is 19.4 Å². The van der Waals surface area contributed by atoms with Crippen LogP contribution in [0.15, 0.2) is 55.3 Å². The lowest BCUT2D eigenvalue weighted by molar-refractivity contribution is 0.0336. The highest BCUT2D eigenvalue weighted by atomic mass is 16.5. The summed E-state index contributed by atoms with van der Waals surface area (Å²) in [6.07, 6.45) is 1.49. The van der Waals surface area contributed by atoms with Gasteiger partial charge in [-0.3, -0.25) is 4.79 Å². The van der Waals surface area contributed by atoms with Crippen LogP contribution in [0.25, 0.3) is 0 Å². The summed E-state index contributed by atoms with van der Waals surface area (Å²) in [5.41, 5.74) is -0.295. The third kappa shape index (κ3) is 2.83. The van der Waals surface area contributed by atoms with Crippen LogP contribution >= 0.6 is 0 Å². The van der Waals surface area contributed by atoms with E-state index in [4.69, 9.17) is 4.74 Å². The van der Waals surface area contributed by atoms with Crippen molar-refractivity contribution in [2.75, 3.05) is 0 Å². The standard InChI is InChI=1S/C14H16O2/c1-5-11(2)16-14(3,4)13(15)12-9-7-6-8-10-12/h5-10H,1-2H2,3-4H3. The van der Waals surface area contributed by atoms with E-state index in [0.717, 1.165) is 0 Å². The molecule has 0 fully saturated rings. The Balaban J connectivity index is 2.88. The Bertz CT molecular complexity index is 402. The van der Waals surface area contributed by atoms with E-state index in [-0.39, 0.29) is 5.78 Å². The van der Waals surface area contributed by atoms with Gasteiger partial charge in [-0.15, -0.1) is 0 Å². The van der Waals surface area contributed by atoms with Crippen molar-refractivity contribution in [3.05, 3.63) is 60.9 Å². The Hall–Kier alpha value is -1.83. The fraction of sp³-hybridized carbons (Fsp3) is 0.214. The molecule has 0 bridgehead atoms. The fourth-order valence-electron chi connectivity index (χ4n) is 1.35. The van der Waals surface area contributed by atoms with Gasteiger partial charge in [0.2, 0.25) is 5.78 Å². The van der Waals surface area contributed by atoms with Gasteiger partial charge in [0, 0.05) is 5.56 Å². The van der Waals surface area contributed by atoms with Crippen LogP contribution in [-0.2, 0) is 4.74 Å². The summed E-state index contributed by atoms with van der Waals surface area (Å²) in [6.45, 7) is 10.6. The zero-order valence-electron chi connectivity index (χ0n) is 9.69. The molecule has 0 heterocycles. The zero-order chi connectivity index (χ0) is 12.2. The smallest absolute Gasteiger partial charge is 0.205 e. The lowest BCUT2D eigenvalue weighted by Gasteiger charge is -2.25. The minimum Gasteiger partial charge on any atom is -0.480 e. The van der Waals surface area contributed by atoms with E-state index < -0.39 is 5.60 Å². The SMILES string of the molecule is C=CC(=C)OC(C)(C)C(=O)c1ccccc1. The summed E-state index contributed by atoms with van der Waals surface area (Å²) < 4.78 is 5.44. The highest BCUT2D eigenvalue weighted by Crippen LogP contribution is 2.20. The van der Waals surface area contributed by atoms with Crippen LogP contribution in [0.4, 0.5) is 0 Å². The molecule has 0 spiro atoms. The van der Waals surface area contributed by atoms with Gasteiger partial charge in [-0.05, 0) is 19.9 Å². The van der Waals surface area contributed by atoms with E-state index in [0.29, 0.717) is 11.3 Å². The maximum absolute atomic E-state index is 12.1. The second-order valence-corrected chi connectivity index (χ2v) is 3.98. The van der Waals surface area contributed by atoms with Gasteiger partial charge < -0.3 is 4.74 Å². The number of carbonyl (C=O) groups excluding carboxylic acids is 1. The summed E-state index contributed by atoms with van der Waals surface area (Å²) in [5.74, 6) is 0.324. The number of rotatable bonds is 5. The maximum atomic E-state index is 12.1. The third-order valence-corrected chi connectivity index (χ3v) is 2.20. The predicted molar refractivity (Wildman–Crippen MR) is 65.3 cm³/mol. The van der Waals surface area contributed by atoms with Gasteiger partial charge in [-0.1, -0.05) is 43.5 Å². The van der Waals surface area contributed by atoms with E-state index in [1.165, 1.54) is 6.08 Å². The van der Waals surface area contributed by atoms with Gasteiger partial charge >= 0.3 is 0 Å². The van der Waals surface area contributed by atoms with E-state index in [1.807, 2.05) is 18.2 Å². The molecule has 0 radical (unpaired) electrons. The Morgan fingerprint density at radius 3 is 2.38 bits per heavy atom. The number of benzene rings is 1. The molecule has 0 aromatic heterocycles. The Morgan fingerprint density at radius 1 is 1.31 bits per heavy atom. The molecule has 0 unspecified atom stereocenters. The molecule has 0 aliphatic rings. The molecule has 84 valence electrons. The molecule has 16 heavy (non-hydrogen) atoms. The zero-order valence-corrected chi connectivity index (χ0v) is 9.69. The first-order valence-electron chi connectivity index (χ1n) is 5.07. The molecule has 0 saturated heterocycles. The van der Waals surface area contributed by atoms with Gasteiger partial charge in [-0.2, -0.15) is 0 Å². The molecule has 1 aromatic rings. The highest BCUT2D eigenvalue weighted by molar-refractivity contribution is 6.02. The Morgan fingerprint density at radius 2 is 1.88 bits per heavy atom. The lowest BCUT2D eigenvalue weighted by Crippen LogP contribution is -2.34. The largest absolute Gasteiger partial charge is 0.480 e. The quantitative estimate of drug-likeness (QED) is 0.428. The van der Waals surface area contributed by atoms with Crippen LogP contribution in [0.2, 0.25) is 0 Å². The van der Waals surface area contributed by atoms with Crippen molar-refractivity contribution in [1.82, 2.24) is 0 Å². The monoisotopic (exact) mass is 216 g/mol.